The molecule has 0 aliphatic carbocycles. The van der Waals surface area contributed by atoms with Gasteiger partial charge in [-0.3, -0.25) is 9.59 Å². The molecule has 1 aliphatic heterocycles. The Morgan fingerprint density at radius 3 is 2.17 bits per heavy atom. The third kappa shape index (κ3) is 3.67. The fourth-order valence-electron chi connectivity index (χ4n) is 3.74. The second-order valence-electron chi connectivity index (χ2n) is 8.15. The average Bonchev–Trinajstić information content (AvgIpc) is 3.13. The number of pyridine rings is 1. The van der Waals surface area contributed by atoms with Gasteiger partial charge < -0.3 is 14.3 Å². The first kappa shape index (κ1) is 20.1. The van der Waals surface area contributed by atoms with E-state index in [0.717, 1.165) is 11.3 Å². The van der Waals surface area contributed by atoms with Crippen molar-refractivity contribution in [3.8, 4) is 0 Å². The molecule has 1 aromatic carbocycles. The van der Waals surface area contributed by atoms with Crippen LogP contribution in [0.2, 0.25) is 0 Å². The zero-order chi connectivity index (χ0) is 21.4. The molecule has 30 heavy (non-hydrogen) atoms. The van der Waals surface area contributed by atoms with E-state index in [0.29, 0.717) is 54.1 Å². The van der Waals surface area contributed by atoms with Gasteiger partial charge in [-0.05, 0) is 38.0 Å². The molecule has 0 bridgehead atoms. The Morgan fingerprint density at radius 2 is 1.57 bits per heavy atom. The highest BCUT2D eigenvalue weighted by Gasteiger charge is 2.28. The fraction of sp³-hybridized carbons (Fsp3) is 0.391. The zero-order valence-electron chi connectivity index (χ0n) is 17.8. The predicted molar refractivity (Wildman–Crippen MR) is 114 cm³/mol. The van der Waals surface area contributed by atoms with Crippen molar-refractivity contribution >= 4 is 22.9 Å². The van der Waals surface area contributed by atoms with Crippen LogP contribution in [0, 0.1) is 13.8 Å². The number of carbonyl (C=O) groups is 2. The van der Waals surface area contributed by atoms with Crippen molar-refractivity contribution in [1.29, 1.82) is 0 Å². The maximum atomic E-state index is 13.3. The molecule has 0 radical (unpaired) electrons. The van der Waals surface area contributed by atoms with E-state index < -0.39 is 0 Å². The van der Waals surface area contributed by atoms with E-state index >= 15 is 0 Å². The van der Waals surface area contributed by atoms with Crippen molar-refractivity contribution in [3.05, 3.63) is 58.4 Å². The standard InChI is InChI=1S/C23H26N4O3/c1-14(2)19-13-18(20-16(4)25-30-21(20)24-19)23(29)27-11-9-26(10-12-27)22(28)17-7-5-15(3)6-8-17/h5-8,13-14H,9-12H2,1-4H3. The lowest BCUT2D eigenvalue weighted by molar-refractivity contribution is 0.0536. The second-order valence-corrected chi connectivity index (χ2v) is 8.15. The Morgan fingerprint density at radius 1 is 0.967 bits per heavy atom. The molecular weight excluding hydrogens is 380 g/mol. The van der Waals surface area contributed by atoms with Gasteiger partial charge in [0.05, 0.1) is 16.6 Å². The van der Waals surface area contributed by atoms with Crippen LogP contribution in [0.3, 0.4) is 0 Å². The van der Waals surface area contributed by atoms with Crippen LogP contribution < -0.4 is 0 Å². The summed E-state index contributed by atoms with van der Waals surface area (Å²) in [6.45, 7) is 9.86. The molecule has 4 rings (SSSR count). The third-order valence-electron chi connectivity index (χ3n) is 5.61. The maximum Gasteiger partial charge on any atom is 0.259 e. The molecule has 2 amide bonds. The number of carbonyl (C=O) groups excluding carboxylic acids is 2. The zero-order valence-corrected chi connectivity index (χ0v) is 17.8. The van der Waals surface area contributed by atoms with Crippen LogP contribution in [0.25, 0.3) is 11.1 Å². The van der Waals surface area contributed by atoms with Gasteiger partial charge in [-0.2, -0.15) is 0 Å². The molecule has 0 unspecified atom stereocenters. The Hall–Kier alpha value is -3.22. The lowest BCUT2D eigenvalue weighted by Gasteiger charge is -2.35. The molecule has 7 heteroatoms. The molecule has 7 nitrogen and oxygen atoms in total. The normalized spacial score (nSPS) is 14.6. The summed E-state index contributed by atoms with van der Waals surface area (Å²) in [7, 11) is 0. The van der Waals surface area contributed by atoms with Gasteiger partial charge in [0.2, 0.25) is 0 Å². The minimum Gasteiger partial charge on any atom is -0.336 e. The van der Waals surface area contributed by atoms with Crippen LogP contribution in [-0.4, -0.2) is 57.9 Å². The maximum absolute atomic E-state index is 13.3. The molecule has 1 aliphatic rings. The summed E-state index contributed by atoms with van der Waals surface area (Å²) in [5.74, 6) is 0.0961. The van der Waals surface area contributed by atoms with Crippen LogP contribution in [-0.2, 0) is 0 Å². The van der Waals surface area contributed by atoms with Gasteiger partial charge in [0, 0.05) is 37.4 Å². The Bertz CT molecular complexity index is 1090. The van der Waals surface area contributed by atoms with E-state index in [1.165, 1.54) is 0 Å². The Labute approximate surface area is 175 Å². The van der Waals surface area contributed by atoms with Crippen molar-refractivity contribution in [2.75, 3.05) is 26.2 Å². The molecular formula is C23H26N4O3. The molecule has 156 valence electrons. The van der Waals surface area contributed by atoms with E-state index in [1.807, 2.05) is 58.0 Å². The van der Waals surface area contributed by atoms with Crippen molar-refractivity contribution in [1.82, 2.24) is 19.9 Å². The van der Waals surface area contributed by atoms with E-state index in [2.05, 4.69) is 10.1 Å². The SMILES string of the molecule is Cc1ccc(C(=O)N2CCN(C(=O)c3cc(C(C)C)nc4onc(C)c34)CC2)cc1. The summed E-state index contributed by atoms with van der Waals surface area (Å²) in [6, 6.07) is 9.43. The topological polar surface area (TPSA) is 79.5 Å². The third-order valence-corrected chi connectivity index (χ3v) is 5.61. The summed E-state index contributed by atoms with van der Waals surface area (Å²) in [6.07, 6.45) is 0. The summed E-state index contributed by atoms with van der Waals surface area (Å²) >= 11 is 0. The average molecular weight is 406 g/mol. The van der Waals surface area contributed by atoms with Crippen molar-refractivity contribution in [2.45, 2.75) is 33.6 Å². The van der Waals surface area contributed by atoms with Gasteiger partial charge in [-0.1, -0.05) is 36.7 Å². The lowest BCUT2D eigenvalue weighted by atomic mass is 10.0. The van der Waals surface area contributed by atoms with Crippen molar-refractivity contribution < 1.29 is 14.1 Å². The molecule has 0 spiro atoms. The van der Waals surface area contributed by atoms with E-state index in [9.17, 15) is 9.59 Å². The molecule has 0 atom stereocenters. The summed E-state index contributed by atoms with van der Waals surface area (Å²) in [5.41, 5.74) is 4.23. The molecule has 2 aromatic heterocycles. The highest BCUT2D eigenvalue weighted by molar-refractivity contribution is 6.06. The Kier molecular flexibility index (Phi) is 5.28. The number of nitrogens with zero attached hydrogens (tertiary/aromatic N) is 4. The smallest absolute Gasteiger partial charge is 0.259 e. The second kappa shape index (κ2) is 7.89. The number of hydrogen-bond donors (Lipinski definition) is 0. The van der Waals surface area contributed by atoms with E-state index in [1.54, 1.807) is 9.80 Å². The number of amides is 2. The minimum atomic E-state index is -0.0713. The first-order chi connectivity index (χ1) is 14.3. The van der Waals surface area contributed by atoms with E-state index in [-0.39, 0.29) is 17.7 Å². The molecule has 0 saturated carbocycles. The molecule has 3 aromatic rings. The number of fused-ring (bicyclic) bond motifs is 1. The van der Waals surface area contributed by atoms with Gasteiger partial charge in [-0.25, -0.2) is 4.98 Å². The van der Waals surface area contributed by atoms with Crippen molar-refractivity contribution in [3.63, 3.8) is 0 Å². The largest absolute Gasteiger partial charge is 0.336 e. The highest BCUT2D eigenvalue weighted by Crippen LogP contribution is 2.26. The fourth-order valence-corrected chi connectivity index (χ4v) is 3.74. The quantitative estimate of drug-likeness (QED) is 0.664. The first-order valence-corrected chi connectivity index (χ1v) is 10.3. The molecule has 3 heterocycles. The number of rotatable bonds is 3. The van der Waals surface area contributed by atoms with Gasteiger partial charge in [0.1, 0.15) is 0 Å². The van der Waals surface area contributed by atoms with Crippen LogP contribution in [0.1, 0.15) is 57.4 Å². The van der Waals surface area contributed by atoms with Crippen LogP contribution in [0.15, 0.2) is 34.9 Å². The number of hydrogen-bond acceptors (Lipinski definition) is 5. The van der Waals surface area contributed by atoms with Gasteiger partial charge in [0.15, 0.2) is 0 Å². The van der Waals surface area contributed by atoms with Gasteiger partial charge in [0.25, 0.3) is 17.5 Å². The lowest BCUT2D eigenvalue weighted by Crippen LogP contribution is -2.50. The first-order valence-electron chi connectivity index (χ1n) is 10.3. The molecule has 0 N–H and O–H groups in total. The Balaban J connectivity index is 1.53. The minimum absolute atomic E-state index is 0.00498. The predicted octanol–water partition coefficient (Wildman–Crippen LogP) is 3.56. The molecule has 1 fully saturated rings. The summed E-state index contributed by atoms with van der Waals surface area (Å²) in [5, 5.41) is 4.67. The number of aromatic nitrogens is 2. The van der Waals surface area contributed by atoms with E-state index in [4.69, 9.17) is 4.52 Å². The van der Waals surface area contributed by atoms with Crippen LogP contribution in [0.4, 0.5) is 0 Å². The summed E-state index contributed by atoms with van der Waals surface area (Å²) in [4.78, 5) is 34.2. The number of benzene rings is 1. The van der Waals surface area contributed by atoms with Crippen LogP contribution >= 0.6 is 0 Å². The number of aryl methyl sites for hydroxylation is 2. The monoisotopic (exact) mass is 406 g/mol. The van der Waals surface area contributed by atoms with Gasteiger partial charge >= 0.3 is 0 Å². The summed E-state index contributed by atoms with van der Waals surface area (Å²) < 4.78 is 5.34. The number of piperazine rings is 1. The molecule has 1 saturated heterocycles. The van der Waals surface area contributed by atoms with Crippen molar-refractivity contribution in [2.24, 2.45) is 0 Å². The van der Waals surface area contributed by atoms with Crippen LogP contribution in [0.5, 0.6) is 0 Å². The van der Waals surface area contributed by atoms with Gasteiger partial charge in [-0.15, -0.1) is 0 Å². The highest BCUT2D eigenvalue weighted by atomic mass is 16.5.